The van der Waals surface area contributed by atoms with E-state index in [1.807, 2.05) is 36.4 Å². The summed E-state index contributed by atoms with van der Waals surface area (Å²) in [4.78, 5) is 16.2. The Hall–Kier alpha value is -1.68. The number of nitrogens with one attached hydrogen (secondary N) is 1. The lowest BCUT2D eigenvalue weighted by atomic mass is 10.1. The van der Waals surface area contributed by atoms with Crippen molar-refractivity contribution in [3.63, 3.8) is 0 Å². The minimum Gasteiger partial charge on any atom is -0.353 e. The zero-order chi connectivity index (χ0) is 14.7. The van der Waals surface area contributed by atoms with Crippen LogP contribution in [0, 0.1) is 0 Å². The van der Waals surface area contributed by atoms with Crippen molar-refractivity contribution in [2.45, 2.75) is 31.2 Å². The molecule has 2 atom stereocenters. The molecule has 0 bridgehead atoms. The third kappa shape index (κ3) is 3.70. The molecule has 3 nitrogen and oxygen atoms in total. The van der Waals surface area contributed by atoms with Gasteiger partial charge in [-0.25, -0.2) is 0 Å². The Labute approximate surface area is 132 Å². The van der Waals surface area contributed by atoms with Gasteiger partial charge in [0.05, 0.1) is 0 Å². The van der Waals surface area contributed by atoms with E-state index in [0.29, 0.717) is 18.8 Å². The fourth-order valence-electron chi connectivity index (χ4n) is 2.54. The average molecular weight is 345 g/mol. The lowest BCUT2D eigenvalue weighted by Crippen LogP contribution is -2.26. The van der Waals surface area contributed by atoms with Gasteiger partial charge in [-0.2, -0.15) is 0 Å². The molecule has 21 heavy (non-hydrogen) atoms. The van der Waals surface area contributed by atoms with Crippen LogP contribution in [-0.2, 0) is 11.2 Å². The first kappa shape index (κ1) is 14.3. The Kier molecular flexibility index (Phi) is 4.34. The van der Waals surface area contributed by atoms with E-state index in [9.17, 15) is 4.79 Å². The Bertz CT molecular complexity index is 630. The van der Waals surface area contributed by atoms with Crippen molar-refractivity contribution in [2.24, 2.45) is 0 Å². The van der Waals surface area contributed by atoms with Crippen LogP contribution in [0.25, 0.3) is 0 Å². The first-order chi connectivity index (χ1) is 10.2. The lowest BCUT2D eigenvalue weighted by Gasteiger charge is -2.06. The van der Waals surface area contributed by atoms with Crippen molar-refractivity contribution >= 4 is 21.8 Å². The minimum absolute atomic E-state index is 0.111. The molecule has 1 aromatic heterocycles. The van der Waals surface area contributed by atoms with Crippen LogP contribution in [0.5, 0.6) is 0 Å². The number of carbonyl (C=O) groups is 1. The molecule has 0 aliphatic heterocycles. The van der Waals surface area contributed by atoms with Gasteiger partial charge in [-0.15, -0.1) is 0 Å². The first-order valence-electron chi connectivity index (χ1n) is 7.18. The Morgan fingerprint density at radius 1 is 1.24 bits per heavy atom. The van der Waals surface area contributed by atoms with E-state index in [4.69, 9.17) is 0 Å². The first-order valence-corrected chi connectivity index (χ1v) is 7.97. The number of pyridine rings is 1. The predicted octanol–water partition coefficient (Wildman–Crippen LogP) is 3.45. The van der Waals surface area contributed by atoms with Gasteiger partial charge in [-0.3, -0.25) is 9.78 Å². The minimum atomic E-state index is 0.111. The second-order valence-corrected chi connectivity index (χ2v) is 6.21. The number of aromatic nitrogens is 1. The van der Waals surface area contributed by atoms with Gasteiger partial charge < -0.3 is 5.32 Å². The van der Waals surface area contributed by atoms with Gasteiger partial charge in [-0.05, 0) is 36.6 Å². The maximum atomic E-state index is 12.0. The SMILES string of the molecule is O=C(CCc1ccccn1)N[C@@H]1C[C@H]1c1ccccc1Br. The van der Waals surface area contributed by atoms with Gasteiger partial charge in [0.1, 0.15) is 0 Å². The zero-order valence-corrected chi connectivity index (χ0v) is 13.2. The maximum absolute atomic E-state index is 12.0. The standard InChI is InChI=1S/C17H17BrN2O/c18-15-7-2-1-6-13(15)14-11-16(14)20-17(21)9-8-12-5-3-4-10-19-12/h1-7,10,14,16H,8-9,11H2,(H,20,21)/t14-,16+/m0/s1. The molecule has 1 heterocycles. The summed E-state index contributed by atoms with van der Waals surface area (Å²) in [5.41, 5.74) is 2.25. The van der Waals surface area contributed by atoms with Crippen molar-refractivity contribution in [3.8, 4) is 0 Å². The number of amides is 1. The fraction of sp³-hybridized carbons (Fsp3) is 0.294. The van der Waals surface area contributed by atoms with Crippen LogP contribution in [0.3, 0.4) is 0 Å². The van der Waals surface area contributed by atoms with Crippen LogP contribution < -0.4 is 5.32 Å². The highest BCUT2D eigenvalue weighted by molar-refractivity contribution is 9.10. The van der Waals surface area contributed by atoms with E-state index in [0.717, 1.165) is 16.6 Å². The van der Waals surface area contributed by atoms with E-state index in [2.05, 4.69) is 32.3 Å². The van der Waals surface area contributed by atoms with Gasteiger partial charge in [-0.1, -0.05) is 40.2 Å². The van der Waals surface area contributed by atoms with Crippen LogP contribution in [-0.4, -0.2) is 16.9 Å². The van der Waals surface area contributed by atoms with Crippen molar-refractivity contribution < 1.29 is 4.79 Å². The van der Waals surface area contributed by atoms with Gasteiger partial charge in [0.25, 0.3) is 0 Å². The Morgan fingerprint density at radius 3 is 2.81 bits per heavy atom. The van der Waals surface area contributed by atoms with Crippen LogP contribution in [0.15, 0.2) is 53.1 Å². The number of hydrogen-bond acceptors (Lipinski definition) is 2. The maximum Gasteiger partial charge on any atom is 0.220 e. The Morgan fingerprint density at radius 2 is 2.05 bits per heavy atom. The van der Waals surface area contributed by atoms with Crippen molar-refractivity contribution in [3.05, 3.63) is 64.4 Å². The van der Waals surface area contributed by atoms with E-state index in [1.165, 1.54) is 5.56 Å². The molecule has 3 rings (SSSR count). The second kappa shape index (κ2) is 6.39. The van der Waals surface area contributed by atoms with Gasteiger partial charge >= 0.3 is 0 Å². The van der Waals surface area contributed by atoms with E-state index < -0.39 is 0 Å². The zero-order valence-electron chi connectivity index (χ0n) is 11.6. The topological polar surface area (TPSA) is 42.0 Å². The molecule has 1 aromatic carbocycles. The second-order valence-electron chi connectivity index (χ2n) is 5.36. The van der Waals surface area contributed by atoms with Gasteiger partial charge in [0, 0.05) is 34.7 Å². The van der Waals surface area contributed by atoms with Crippen molar-refractivity contribution in [2.75, 3.05) is 0 Å². The molecule has 1 fully saturated rings. The molecule has 0 saturated heterocycles. The normalized spacial score (nSPS) is 20.0. The third-order valence-electron chi connectivity index (χ3n) is 3.78. The molecule has 0 spiro atoms. The largest absolute Gasteiger partial charge is 0.353 e. The summed E-state index contributed by atoms with van der Waals surface area (Å²) in [5, 5.41) is 3.11. The van der Waals surface area contributed by atoms with Gasteiger partial charge in [0.2, 0.25) is 5.91 Å². The molecular weight excluding hydrogens is 328 g/mol. The van der Waals surface area contributed by atoms with Crippen LogP contribution in [0.2, 0.25) is 0 Å². The summed E-state index contributed by atoms with van der Waals surface area (Å²) >= 11 is 3.57. The van der Waals surface area contributed by atoms with Crippen molar-refractivity contribution in [1.29, 1.82) is 0 Å². The number of aryl methyl sites for hydroxylation is 1. The predicted molar refractivity (Wildman–Crippen MR) is 86.0 cm³/mol. The molecule has 1 aliphatic rings. The summed E-state index contributed by atoms with van der Waals surface area (Å²) in [6, 6.07) is 14.3. The monoisotopic (exact) mass is 344 g/mol. The van der Waals surface area contributed by atoms with Crippen LogP contribution >= 0.6 is 15.9 Å². The fourth-order valence-corrected chi connectivity index (χ4v) is 3.12. The van der Waals surface area contributed by atoms with Crippen LogP contribution in [0.1, 0.15) is 30.0 Å². The van der Waals surface area contributed by atoms with E-state index in [1.54, 1.807) is 6.20 Å². The lowest BCUT2D eigenvalue weighted by molar-refractivity contribution is -0.121. The molecule has 0 unspecified atom stereocenters. The van der Waals surface area contributed by atoms with Crippen LogP contribution in [0.4, 0.5) is 0 Å². The molecule has 108 valence electrons. The summed E-state index contributed by atoms with van der Waals surface area (Å²) in [6.07, 6.45) is 3.98. The molecule has 2 aromatic rings. The van der Waals surface area contributed by atoms with E-state index in [-0.39, 0.29) is 11.9 Å². The molecule has 1 N–H and O–H groups in total. The molecular formula is C17H17BrN2O. The number of halogens is 1. The highest BCUT2D eigenvalue weighted by Gasteiger charge is 2.40. The third-order valence-corrected chi connectivity index (χ3v) is 4.50. The highest BCUT2D eigenvalue weighted by atomic mass is 79.9. The summed E-state index contributed by atoms with van der Waals surface area (Å²) in [7, 11) is 0. The average Bonchev–Trinajstić information content (AvgIpc) is 3.25. The molecule has 1 aliphatic carbocycles. The molecule has 1 amide bonds. The summed E-state index contributed by atoms with van der Waals surface area (Å²) in [6.45, 7) is 0. The number of benzene rings is 1. The smallest absolute Gasteiger partial charge is 0.220 e. The van der Waals surface area contributed by atoms with E-state index >= 15 is 0 Å². The highest BCUT2D eigenvalue weighted by Crippen LogP contribution is 2.43. The number of carbonyl (C=O) groups excluding carboxylic acids is 1. The summed E-state index contributed by atoms with van der Waals surface area (Å²) in [5.74, 6) is 0.555. The quantitative estimate of drug-likeness (QED) is 0.902. The van der Waals surface area contributed by atoms with Crippen molar-refractivity contribution in [1.82, 2.24) is 10.3 Å². The Balaban J connectivity index is 1.48. The number of hydrogen-bond donors (Lipinski definition) is 1. The number of nitrogens with zero attached hydrogens (tertiary/aromatic N) is 1. The molecule has 0 radical (unpaired) electrons. The molecule has 4 heteroatoms. The number of rotatable bonds is 5. The van der Waals surface area contributed by atoms with Gasteiger partial charge in [0.15, 0.2) is 0 Å². The summed E-state index contributed by atoms with van der Waals surface area (Å²) < 4.78 is 1.13. The molecule has 1 saturated carbocycles.